The maximum absolute atomic E-state index is 5.55. The quantitative estimate of drug-likeness (QED) is 0.735. The van der Waals surface area contributed by atoms with Crippen molar-refractivity contribution in [2.24, 2.45) is 10.7 Å². The van der Waals surface area contributed by atoms with E-state index in [1.165, 1.54) is 16.3 Å². The monoisotopic (exact) mass is 331 g/mol. The van der Waals surface area contributed by atoms with E-state index in [1.54, 1.807) is 0 Å². The van der Waals surface area contributed by atoms with Crippen molar-refractivity contribution in [2.45, 2.75) is 18.9 Å². The molecule has 0 amide bonds. The van der Waals surface area contributed by atoms with Crippen molar-refractivity contribution in [2.75, 3.05) is 11.9 Å². The van der Waals surface area contributed by atoms with Gasteiger partial charge in [0.05, 0.1) is 6.04 Å². The lowest BCUT2D eigenvalue weighted by Crippen LogP contribution is -2.10. The number of ether oxygens (including phenoxy) is 1. The predicted octanol–water partition coefficient (Wildman–Crippen LogP) is 4.23. The molecule has 1 unspecified atom stereocenters. The molecule has 3 N–H and O–H groups in total. The fourth-order valence-electron chi connectivity index (χ4n) is 3.16. The molecule has 1 atom stereocenters. The van der Waals surface area contributed by atoms with Crippen LogP contribution in [0.2, 0.25) is 0 Å². The molecule has 0 bridgehead atoms. The van der Waals surface area contributed by atoms with Crippen LogP contribution in [0.5, 0.6) is 0 Å². The van der Waals surface area contributed by atoms with Crippen molar-refractivity contribution in [1.29, 1.82) is 0 Å². The highest BCUT2D eigenvalue weighted by molar-refractivity contribution is 5.95. The summed E-state index contributed by atoms with van der Waals surface area (Å²) in [5.41, 5.74) is 9.06. The third kappa shape index (κ3) is 3.58. The van der Waals surface area contributed by atoms with Crippen molar-refractivity contribution in [3.63, 3.8) is 0 Å². The van der Waals surface area contributed by atoms with Gasteiger partial charge in [-0.1, -0.05) is 48.5 Å². The van der Waals surface area contributed by atoms with Crippen LogP contribution < -0.4 is 11.1 Å². The number of nitrogens with two attached hydrogens (primary N) is 1. The molecule has 4 nitrogen and oxygen atoms in total. The minimum atomic E-state index is 0.188. The van der Waals surface area contributed by atoms with Crippen LogP contribution in [0.25, 0.3) is 10.8 Å². The van der Waals surface area contributed by atoms with Gasteiger partial charge >= 0.3 is 0 Å². The summed E-state index contributed by atoms with van der Waals surface area (Å²) in [5, 5.41) is 5.98. The Morgan fingerprint density at radius 2 is 1.80 bits per heavy atom. The molecule has 126 valence electrons. The first-order valence-corrected chi connectivity index (χ1v) is 8.58. The Bertz CT molecular complexity index is 897. The van der Waals surface area contributed by atoms with Crippen LogP contribution >= 0.6 is 0 Å². The van der Waals surface area contributed by atoms with E-state index in [1.807, 2.05) is 0 Å². The van der Waals surface area contributed by atoms with Crippen molar-refractivity contribution in [3.8, 4) is 0 Å². The highest BCUT2D eigenvalue weighted by atomic mass is 16.5. The minimum Gasteiger partial charge on any atom is -0.463 e. The lowest BCUT2D eigenvalue weighted by atomic mass is 10.1. The maximum Gasteiger partial charge on any atom is 0.282 e. The van der Waals surface area contributed by atoms with E-state index in [2.05, 4.69) is 77.0 Å². The normalized spacial score (nSPS) is 16.5. The summed E-state index contributed by atoms with van der Waals surface area (Å²) in [6.45, 7) is 0.604. The number of nitrogens with one attached hydrogen (secondary N) is 1. The van der Waals surface area contributed by atoms with E-state index in [0.717, 1.165) is 24.2 Å². The smallest absolute Gasteiger partial charge is 0.282 e. The van der Waals surface area contributed by atoms with Crippen LogP contribution in [0.3, 0.4) is 0 Å². The Balaban J connectivity index is 1.43. The summed E-state index contributed by atoms with van der Waals surface area (Å²) in [6.07, 6.45) is 1.93. The summed E-state index contributed by atoms with van der Waals surface area (Å²) in [6, 6.07) is 23.8. The summed E-state index contributed by atoms with van der Waals surface area (Å²) in [7, 11) is 0. The van der Waals surface area contributed by atoms with Crippen molar-refractivity contribution < 1.29 is 4.74 Å². The second kappa shape index (κ2) is 6.85. The first-order chi connectivity index (χ1) is 12.3. The molecule has 1 heterocycles. The van der Waals surface area contributed by atoms with Crippen molar-refractivity contribution in [1.82, 2.24) is 0 Å². The van der Waals surface area contributed by atoms with E-state index >= 15 is 0 Å². The zero-order valence-electron chi connectivity index (χ0n) is 14.0. The average Bonchev–Trinajstić information content (AvgIpc) is 3.07. The number of nitrogens with zero attached hydrogens (tertiary/aromatic N) is 1. The first-order valence-electron chi connectivity index (χ1n) is 8.58. The molecule has 3 aromatic rings. The van der Waals surface area contributed by atoms with Crippen LogP contribution in [0, 0.1) is 0 Å². The van der Waals surface area contributed by atoms with Crippen LogP contribution in [-0.4, -0.2) is 18.7 Å². The fourth-order valence-corrected chi connectivity index (χ4v) is 3.16. The largest absolute Gasteiger partial charge is 0.463 e. The molecule has 0 radical (unpaired) electrons. The second-order valence-corrected chi connectivity index (χ2v) is 6.32. The van der Waals surface area contributed by atoms with Crippen LogP contribution in [-0.2, 0) is 11.2 Å². The van der Waals surface area contributed by atoms with Crippen LogP contribution in [0.1, 0.15) is 12.0 Å². The zero-order valence-corrected chi connectivity index (χ0v) is 14.0. The molecule has 0 saturated carbocycles. The first kappa shape index (κ1) is 15.5. The Morgan fingerprint density at radius 1 is 1.00 bits per heavy atom. The molecule has 3 aromatic carbocycles. The molecule has 0 saturated heterocycles. The van der Waals surface area contributed by atoms with Gasteiger partial charge in [0.2, 0.25) is 0 Å². The third-order valence-corrected chi connectivity index (χ3v) is 4.52. The molecular weight excluding hydrogens is 310 g/mol. The SMILES string of the molecule is NC1=NC(CCc2ccc(Nc3cccc4ccccc34)cc2)CO1. The Labute approximate surface area is 147 Å². The average molecular weight is 331 g/mol. The van der Waals surface area contributed by atoms with Crippen LogP contribution in [0.15, 0.2) is 71.7 Å². The molecular formula is C21H21N3O. The number of amidine groups is 1. The van der Waals surface area contributed by atoms with E-state index in [9.17, 15) is 0 Å². The van der Waals surface area contributed by atoms with Gasteiger partial charge in [0.15, 0.2) is 0 Å². The van der Waals surface area contributed by atoms with Crippen molar-refractivity contribution >= 4 is 28.2 Å². The predicted molar refractivity (Wildman–Crippen MR) is 103 cm³/mol. The van der Waals surface area contributed by atoms with Gasteiger partial charge in [-0.3, -0.25) is 0 Å². The molecule has 0 spiro atoms. The number of hydrogen-bond acceptors (Lipinski definition) is 4. The molecule has 0 aliphatic carbocycles. The number of fused-ring (bicyclic) bond motifs is 1. The zero-order chi connectivity index (χ0) is 17.1. The van der Waals surface area contributed by atoms with Gasteiger partial charge in [-0.25, -0.2) is 4.99 Å². The number of hydrogen-bond donors (Lipinski definition) is 2. The Morgan fingerprint density at radius 3 is 2.60 bits per heavy atom. The fraction of sp³-hybridized carbons (Fsp3) is 0.190. The lowest BCUT2D eigenvalue weighted by molar-refractivity contribution is 0.308. The molecule has 4 rings (SSSR count). The molecule has 4 heteroatoms. The second-order valence-electron chi connectivity index (χ2n) is 6.32. The van der Waals surface area contributed by atoms with Gasteiger partial charge in [-0.2, -0.15) is 0 Å². The van der Waals surface area contributed by atoms with Gasteiger partial charge in [-0.05, 0) is 42.0 Å². The van der Waals surface area contributed by atoms with Gasteiger partial charge in [0, 0.05) is 16.8 Å². The highest BCUT2D eigenvalue weighted by Gasteiger charge is 2.16. The molecule has 25 heavy (non-hydrogen) atoms. The standard InChI is InChI=1S/C21H21N3O/c22-21-24-18(14-25-21)13-10-15-8-11-17(12-9-15)23-20-7-3-5-16-4-1-2-6-19(16)20/h1-9,11-12,18,23H,10,13-14H2,(H2,22,24). The van der Waals surface area contributed by atoms with E-state index in [4.69, 9.17) is 10.5 Å². The summed E-state index contributed by atoms with van der Waals surface area (Å²) >= 11 is 0. The maximum atomic E-state index is 5.55. The van der Waals surface area contributed by atoms with E-state index in [0.29, 0.717) is 12.6 Å². The number of rotatable bonds is 5. The third-order valence-electron chi connectivity index (χ3n) is 4.52. The highest BCUT2D eigenvalue weighted by Crippen LogP contribution is 2.26. The summed E-state index contributed by atoms with van der Waals surface area (Å²) < 4.78 is 5.19. The van der Waals surface area contributed by atoms with Gasteiger partial charge < -0.3 is 15.8 Å². The Kier molecular flexibility index (Phi) is 4.25. The van der Waals surface area contributed by atoms with E-state index < -0.39 is 0 Å². The van der Waals surface area contributed by atoms with E-state index in [-0.39, 0.29) is 6.04 Å². The summed E-state index contributed by atoms with van der Waals surface area (Å²) in [4.78, 5) is 4.27. The molecule has 1 aliphatic rings. The molecule has 1 aliphatic heterocycles. The van der Waals surface area contributed by atoms with Crippen molar-refractivity contribution in [3.05, 3.63) is 72.3 Å². The number of aliphatic imine (C=N–C) groups is 1. The number of aryl methyl sites for hydroxylation is 1. The molecule has 0 fully saturated rings. The lowest BCUT2D eigenvalue weighted by Gasteiger charge is -2.11. The molecule has 0 aromatic heterocycles. The topological polar surface area (TPSA) is 59.6 Å². The number of anilines is 2. The van der Waals surface area contributed by atoms with Gasteiger partial charge in [0.1, 0.15) is 6.61 Å². The van der Waals surface area contributed by atoms with Gasteiger partial charge in [-0.15, -0.1) is 0 Å². The minimum absolute atomic E-state index is 0.188. The Hall–Kier alpha value is -3.01. The van der Waals surface area contributed by atoms with Gasteiger partial charge in [0.25, 0.3) is 6.02 Å². The summed E-state index contributed by atoms with van der Waals surface area (Å²) in [5.74, 6) is 0. The van der Waals surface area contributed by atoms with Crippen LogP contribution in [0.4, 0.5) is 11.4 Å². The number of benzene rings is 3.